The van der Waals surface area contributed by atoms with E-state index in [4.69, 9.17) is 9.15 Å². The first kappa shape index (κ1) is 19.0. The summed E-state index contributed by atoms with van der Waals surface area (Å²) in [4.78, 5) is 12.6. The molecule has 0 unspecified atom stereocenters. The number of rotatable bonds is 6. The van der Waals surface area contributed by atoms with Crippen LogP contribution in [0.3, 0.4) is 0 Å². The molecule has 1 aliphatic carbocycles. The van der Waals surface area contributed by atoms with Crippen molar-refractivity contribution in [1.82, 2.24) is 20.4 Å². The van der Waals surface area contributed by atoms with Gasteiger partial charge in [0.25, 0.3) is 11.8 Å². The topological polar surface area (TPSA) is 106 Å². The Balaban J connectivity index is 1.18. The number of benzene rings is 2. The number of nitrogens with zero attached hydrogens (tertiary/aromatic N) is 3. The van der Waals surface area contributed by atoms with Crippen LogP contribution in [-0.4, -0.2) is 26.3 Å². The molecule has 8 heteroatoms. The number of ether oxygens (including phenoxy) is 1. The molecule has 0 bridgehead atoms. The lowest BCUT2D eigenvalue weighted by Crippen LogP contribution is -2.15. The fraction of sp³-hybridized carbons (Fsp3) is 0.217. The molecule has 2 aromatic heterocycles. The molecule has 1 aliphatic rings. The highest BCUT2D eigenvalue weighted by Crippen LogP contribution is 2.24. The van der Waals surface area contributed by atoms with Crippen LogP contribution < -0.4 is 10.1 Å². The van der Waals surface area contributed by atoms with E-state index in [0.29, 0.717) is 28.9 Å². The number of carbonyl (C=O) groups excluding carboxylic acids is 1. The number of carbonyl (C=O) groups is 1. The van der Waals surface area contributed by atoms with Crippen LogP contribution in [0.2, 0.25) is 0 Å². The Bertz CT molecular complexity index is 1180. The summed E-state index contributed by atoms with van der Waals surface area (Å²) in [6.45, 7) is 0.158. The molecule has 8 nitrogen and oxygen atoms in total. The molecule has 156 valence electrons. The number of H-pyrrole nitrogens is 1. The highest BCUT2D eigenvalue weighted by Gasteiger charge is 2.21. The van der Waals surface area contributed by atoms with E-state index in [0.717, 1.165) is 42.5 Å². The summed E-state index contributed by atoms with van der Waals surface area (Å²) in [6.07, 6.45) is 4.07. The second kappa shape index (κ2) is 8.43. The van der Waals surface area contributed by atoms with Crippen LogP contribution in [0, 0.1) is 0 Å². The SMILES string of the molecule is O=C(Nc1ccc(OCc2nnc(-c3ccccc3)o2)cc1)c1n[nH]c2c1CCCC2. The Morgan fingerprint density at radius 3 is 2.68 bits per heavy atom. The maximum Gasteiger partial charge on any atom is 0.276 e. The summed E-state index contributed by atoms with van der Waals surface area (Å²) in [5.74, 6) is 1.28. The van der Waals surface area contributed by atoms with E-state index in [2.05, 4.69) is 25.7 Å². The number of hydrogen-bond acceptors (Lipinski definition) is 6. The molecule has 31 heavy (non-hydrogen) atoms. The molecule has 0 atom stereocenters. The summed E-state index contributed by atoms with van der Waals surface area (Å²) >= 11 is 0. The van der Waals surface area contributed by atoms with Gasteiger partial charge in [0.2, 0.25) is 5.89 Å². The third kappa shape index (κ3) is 4.18. The van der Waals surface area contributed by atoms with Crippen LogP contribution in [-0.2, 0) is 19.4 Å². The standard InChI is InChI=1S/C23H21N5O3/c29-22(21-18-8-4-5-9-19(18)25-27-21)24-16-10-12-17(13-11-16)30-14-20-26-28-23(31-20)15-6-2-1-3-7-15/h1-3,6-7,10-13H,4-5,8-9,14H2,(H,24,29)(H,25,27). The zero-order chi connectivity index (χ0) is 21.0. The van der Waals surface area contributed by atoms with Crippen LogP contribution in [0.5, 0.6) is 5.75 Å². The van der Waals surface area contributed by atoms with Crippen LogP contribution in [0.1, 0.15) is 40.5 Å². The minimum Gasteiger partial charge on any atom is -0.484 e. The Morgan fingerprint density at radius 1 is 1.03 bits per heavy atom. The molecule has 0 aliphatic heterocycles. The smallest absolute Gasteiger partial charge is 0.276 e. The molecule has 4 aromatic rings. The molecular formula is C23H21N5O3. The predicted molar refractivity (Wildman–Crippen MR) is 114 cm³/mol. The quantitative estimate of drug-likeness (QED) is 0.490. The summed E-state index contributed by atoms with van der Waals surface area (Å²) in [5.41, 5.74) is 4.14. The van der Waals surface area contributed by atoms with Gasteiger partial charge >= 0.3 is 0 Å². The highest BCUT2D eigenvalue weighted by molar-refractivity contribution is 6.04. The van der Waals surface area contributed by atoms with E-state index in [1.54, 1.807) is 24.3 Å². The van der Waals surface area contributed by atoms with Crippen molar-refractivity contribution in [2.45, 2.75) is 32.3 Å². The predicted octanol–water partition coefficient (Wildman–Crippen LogP) is 4.17. The molecule has 1 amide bonds. The minimum atomic E-state index is -0.202. The Hall–Kier alpha value is -3.94. The van der Waals surface area contributed by atoms with Crippen LogP contribution in [0.15, 0.2) is 59.0 Å². The summed E-state index contributed by atoms with van der Waals surface area (Å²) in [5, 5.41) is 18.2. The van der Waals surface area contributed by atoms with Gasteiger partial charge in [-0.1, -0.05) is 18.2 Å². The van der Waals surface area contributed by atoms with E-state index in [1.165, 1.54) is 0 Å². The van der Waals surface area contributed by atoms with Crippen molar-refractivity contribution in [1.29, 1.82) is 0 Å². The van der Waals surface area contributed by atoms with Gasteiger partial charge in [0, 0.05) is 22.5 Å². The lowest BCUT2D eigenvalue weighted by atomic mass is 9.96. The lowest BCUT2D eigenvalue weighted by Gasteiger charge is -2.11. The molecule has 2 N–H and O–H groups in total. The molecule has 0 saturated carbocycles. The highest BCUT2D eigenvalue weighted by atomic mass is 16.5. The van der Waals surface area contributed by atoms with Gasteiger partial charge in [0.15, 0.2) is 12.3 Å². The van der Waals surface area contributed by atoms with Crippen molar-refractivity contribution in [3.8, 4) is 17.2 Å². The van der Waals surface area contributed by atoms with Gasteiger partial charge in [0.1, 0.15) is 5.75 Å². The first-order valence-corrected chi connectivity index (χ1v) is 10.2. The van der Waals surface area contributed by atoms with Gasteiger partial charge in [-0.15, -0.1) is 10.2 Å². The van der Waals surface area contributed by atoms with Crippen molar-refractivity contribution in [3.63, 3.8) is 0 Å². The average Bonchev–Trinajstić information content (AvgIpc) is 3.47. The fourth-order valence-electron chi connectivity index (χ4n) is 3.65. The molecule has 0 radical (unpaired) electrons. The third-order valence-corrected chi connectivity index (χ3v) is 5.23. The first-order valence-electron chi connectivity index (χ1n) is 10.2. The Kier molecular flexibility index (Phi) is 5.18. The fourth-order valence-corrected chi connectivity index (χ4v) is 3.65. The summed E-state index contributed by atoms with van der Waals surface area (Å²) < 4.78 is 11.4. The molecule has 0 spiro atoms. The second-order valence-electron chi connectivity index (χ2n) is 7.37. The number of anilines is 1. The van der Waals surface area contributed by atoms with E-state index in [9.17, 15) is 4.79 Å². The van der Waals surface area contributed by atoms with Gasteiger partial charge in [0.05, 0.1) is 0 Å². The Morgan fingerprint density at radius 2 is 1.84 bits per heavy atom. The largest absolute Gasteiger partial charge is 0.484 e. The van der Waals surface area contributed by atoms with Crippen LogP contribution in [0.4, 0.5) is 5.69 Å². The van der Waals surface area contributed by atoms with Gasteiger partial charge in [-0.3, -0.25) is 9.89 Å². The molecule has 5 rings (SSSR count). The van der Waals surface area contributed by atoms with E-state index < -0.39 is 0 Å². The zero-order valence-electron chi connectivity index (χ0n) is 16.8. The number of aromatic amines is 1. The van der Waals surface area contributed by atoms with Gasteiger partial charge < -0.3 is 14.5 Å². The number of nitrogens with one attached hydrogen (secondary N) is 2. The van der Waals surface area contributed by atoms with E-state index in [1.807, 2.05) is 30.3 Å². The summed E-state index contributed by atoms with van der Waals surface area (Å²) in [6, 6.07) is 16.7. The van der Waals surface area contributed by atoms with Crippen molar-refractivity contribution in [2.24, 2.45) is 0 Å². The zero-order valence-corrected chi connectivity index (χ0v) is 16.8. The van der Waals surface area contributed by atoms with Crippen molar-refractivity contribution < 1.29 is 13.9 Å². The van der Waals surface area contributed by atoms with E-state index in [-0.39, 0.29) is 12.5 Å². The van der Waals surface area contributed by atoms with Crippen molar-refractivity contribution in [2.75, 3.05) is 5.32 Å². The number of hydrogen-bond donors (Lipinski definition) is 2. The second-order valence-corrected chi connectivity index (χ2v) is 7.37. The molecular weight excluding hydrogens is 394 g/mol. The normalized spacial score (nSPS) is 12.9. The minimum absolute atomic E-state index is 0.158. The van der Waals surface area contributed by atoms with Crippen molar-refractivity contribution >= 4 is 11.6 Å². The monoisotopic (exact) mass is 415 g/mol. The number of aryl methyl sites for hydroxylation is 1. The lowest BCUT2D eigenvalue weighted by molar-refractivity contribution is 0.102. The van der Waals surface area contributed by atoms with Crippen LogP contribution in [0.25, 0.3) is 11.5 Å². The maximum atomic E-state index is 12.6. The van der Waals surface area contributed by atoms with Crippen LogP contribution >= 0.6 is 0 Å². The molecule has 2 heterocycles. The molecule has 0 saturated heterocycles. The van der Waals surface area contributed by atoms with Gasteiger partial charge in [-0.05, 0) is 62.1 Å². The third-order valence-electron chi connectivity index (χ3n) is 5.23. The Labute approximate surface area is 178 Å². The van der Waals surface area contributed by atoms with E-state index >= 15 is 0 Å². The van der Waals surface area contributed by atoms with Gasteiger partial charge in [-0.25, -0.2) is 0 Å². The maximum absolute atomic E-state index is 12.6. The van der Waals surface area contributed by atoms with Gasteiger partial charge in [-0.2, -0.15) is 5.10 Å². The number of aromatic nitrogens is 4. The summed E-state index contributed by atoms with van der Waals surface area (Å²) in [7, 11) is 0. The van der Waals surface area contributed by atoms with Crippen molar-refractivity contribution in [3.05, 3.63) is 77.4 Å². The number of amides is 1. The first-order chi connectivity index (χ1) is 15.3. The number of fused-ring (bicyclic) bond motifs is 1. The average molecular weight is 415 g/mol. The molecule has 0 fully saturated rings. The molecule has 2 aromatic carbocycles.